The van der Waals surface area contributed by atoms with Crippen molar-refractivity contribution in [1.29, 1.82) is 0 Å². The number of hydrogen-bond acceptors (Lipinski definition) is 8. The van der Waals surface area contributed by atoms with Crippen molar-refractivity contribution in [2.24, 2.45) is 0 Å². The Kier molecular flexibility index (Phi) is 7.68. The number of nitrogens with one attached hydrogen (secondary N) is 2. The van der Waals surface area contributed by atoms with Crippen LogP contribution in [0, 0.1) is 0 Å². The normalized spacial score (nSPS) is 11.4. The molecule has 0 aliphatic heterocycles. The Bertz CT molecular complexity index is 1770. The third kappa shape index (κ3) is 5.48. The lowest BCUT2D eigenvalue weighted by atomic mass is 10.1. The van der Waals surface area contributed by atoms with Gasteiger partial charge in [-0.1, -0.05) is 12.8 Å². The van der Waals surface area contributed by atoms with Crippen molar-refractivity contribution < 1.29 is 9.47 Å². The minimum absolute atomic E-state index is 0.726. The van der Waals surface area contributed by atoms with Crippen molar-refractivity contribution in [3.8, 4) is 11.5 Å². The van der Waals surface area contributed by atoms with E-state index >= 15 is 0 Å². The molecule has 0 spiro atoms. The number of hydrogen-bond donors (Lipinski definition) is 4. The molecule has 6 aromatic rings. The first-order chi connectivity index (χ1) is 20.5. The average molecular weight is 561 g/mol. The molecule has 2 aromatic heterocycles. The van der Waals surface area contributed by atoms with Gasteiger partial charge in [0.05, 0.1) is 47.7 Å². The number of fused-ring (bicyclic) bond motifs is 4. The van der Waals surface area contributed by atoms with Crippen molar-refractivity contribution in [1.82, 2.24) is 9.97 Å². The lowest BCUT2D eigenvalue weighted by molar-refractivity contribution is 0.415. The first-order valence-electron chi connectivity index (χ1n) is 14.4. The molecule has 42 heavy (non-hydrogen) atoms. The van der Waals surface area contributed by atoms with Crippen LogP contribution in [0.3, 0.4) is 0 Å². The van der Waals surface area contributed by atoms with Crippen LogP contribution in [-0.4, -0.2) is 37.3 Å². The van der Waals surface area contributed by atoms with Crippen LogP contribution in [0.1, 0.15) is 25.7 Å². The number of ether oxygens (including phenoxy) is 2. The van der Waals surface area contributed by atoms with Crippen molar-refractivity contribution in [3.05, 3.63) is 72.8 Å². The molecule has 0 saturated heterocycles. The molecule has 0 saturated carbocycles. The van der Waals surface area contributed by atoms with Gasteiger partial charge in [-0.3, -0.25) is 0 Å². The second kappa shape index (κ2) is 11.9. The average Bonchev–Trinajstić information content (AvgIpc) is 3.02. The molecule has 0 radical (unpaired) electrons. The standard InChI is InChI=1S/C34H36N6O2/c1-41-23-9-13-31-27(19-23)33(35)25-17-21(7-11-29(25)39-31)37-15-5-3-4-6-16-38-22-8-12-30-26(18-22)34(36)28-20-24(42-2)10-14-32(28)40-30/h7-14,17-20,37-38H,3-6,15-16H2,1-2H3,(H2,35,39)(H2,36,40). The maximum absolute atomic E-state index is 6.54. The second-order valence-electron chi connectivity index (χ2n) is 10.5. The number of benzene rings is 4. The summed E-state index contributed by atoms with van der Waals surface area (Å²) in [6.07, 6.45) is 4.49. The van der Waals surface area contributed by atoms with E-state index in [1.54, 1.807) is 14.2 Å². The molecular weight excluding hydrogens is 524 g/mol. The van der Waals surface area contributed by atoms with E-state index in [4.69, 9.17) is 30.9 Å². The van der Waals surface area contributed by atoms with E-state index in [0.717, 1.165) is 117 Å². The third-order valence-corrected chi connectivity index (χ3v) is 7.80. The molecule has 0 atom stereocenters. The van der Waals surface area contributed by atoms with Gasteiger partial charge >= 0.3 is 0 Å². The highest BCUT2D eigenvalue weighted by atomic mass is 16.5. The minimum atomic E-state index is 0.726. The molecular formula is C34H36N6O2. The van der Waals surface area contributed by atoms with Crippen LogP contribution >= 0.6 is 0 Å². The maximum atomic E-state index is 6.54. The van der Waals surface area contributed by atoms with Crippen LogP contribution in [0.2, 0.25) is 0 Å². The van der Waals surface area contributed by atoms with Crippen LogP contribution < -0.4 is 31.6 Å². The Labute approximate surface area is 245 Å². The third-order valence-electron chi connectivity index (χ3n) is 7.80. The molecule has 0 aliphatic carbocycles. The molecule has 8 nitrogen and oxygen atoms in total. The molecule has 4 aromatic carbocycles. The lowest BCUT2D eigenvalue weighted by Gasteiger charge is -2.12. The topological polar surface area (TPSA) is 120 Å². The number of aromatic nitrogens is 2. The van der Waals surface area contributed by atoms with Gasteiger partial charge in [-0.25, -0.2) is 9.97 Å². The fraction of sp³-hybridized carbons (Fsp3) is 0.235. The number of methoxy groups -OCH3 is 2. The largest absolute Gasteiger partial charge is 0.497 e. The molecule has 214 valence electrons. The Morgan fingerprint density at radius 1 is 0.524 bits per heavy atom. The van der Waals surface area contributed by atoms with E-state index in [2.05, 4.69) is 34.9 Å². The van der Waals surface area contributed by atoms with Crippen molar-refractivity contribution in [2.45, 2.75) is 25.7 Å². The molecule has 2 heterocycles. The molecule has 0 bridgehead atoms. The highest BCUT2D eigenvalue weighted by molar-refractivity contribution is 6.08. The lowest BCUT2D eigenvalue weighted by Crippen LogP contribution is -2.04. The first kappa shape index (κ1) is 27.2. The monoisotopic (exact) mass is 560 g/mol. The minimum Gasteiger partial charge on any atom is -0.497 e. The first-order valence-corrected chi connectivity index (χ1v) is 14.4. The summed E-state index contributed by atoms with van der Waals surface area (Å²) in [5.41, 5.74) is 20.1. The predicted molar refractivity (Wildman–Crippen MR) is 176 cm³/mol. The summed E-state index contributed by atoms with van der Waals surface area (Å²) in [4.78, 5) is 9.54. The Balaban J connectivity index is 0.986. The smallest absolute Gasteiger partial charge is 0.119 e. The van der Waals surface area contributed by atoms with Crippen LogP contribution in [0.15, 0.2) is 72.8 Å². The van der Waals surface area contributed by atoms with Gasteiger partial charge in [0.2, 0.25) is 0 Å². The number of anilines is 4. The van der Waals surface area contributed by atoms with Crippen LogP contribution in [0.25, 0.3) is 43.6 Å². The van der Waals surface area contributed by atoms with Crippen molar-refractivity contribution >= 4 is 66.4 Å². The highest BCUT2D eigenvalue weighted by Gasteiger charge is 2.10. The summed E-state index contributed by atoms with van der Waals surface area (Å²) >= 11 is 0. The Morgan fingerprint density at radius 2 is 0.905 bits per heavy atom. The summed E-state index contributed by atoms with van der Waals surface area (Å²) in [7, 11) is 3.31. The summed E-state index contributed by atoms with van der Waals surface area (Å²) in [6.45, 7) is 1.81. The number of pyridine rings is 2. The maximum Gasteiger partial charge on any atom is 0.119 e. The van der Waals surface area contributed by atoms with E-state index in [0.29, 0.717) is 0 Å². The van der Waals surface area contributed by atoms with Gasteiger partial charge in [0.25, 0.3) is 0 Å². The zero-order valence-electron chi connectivity index (χ0n) is 24.0. The van der Waals surface area contributed by atoms with Gasteiger partial charge < -0.3 is 31.6 Å². The van der Waals surface area contributed by atoms with Crippen LogP contribution in [0.4, 0.5) is 22.7 Å². The molecule has 6 N–H and O–H groups in total. The number of nitrogens with two attached hydrogens (primary N) is 2. The summed E-state index contributed by atoms with van der Waals surface area (Å²) in [5.74, 6) is 1.54. The zero-order valence-corrected chi connectivity index (χ0v) is 24.0. The Hall–Kier alpha value is -4.98. The van der Waals surface area contributed by atoms with E-state index in [9.17, 15) is 0 Å². The van der Waals surface area contributed by atoms with Gasteiger partial charge in [0.15, 0.2) is 0 Å². The van der Waals surface area contributed by atoms with E-state index < -0.39 is 0 Å². The quantitative estimate of drug-likeness (QED) is 0.0958. The SMILES string of the molecule is COc1ccc2nc3ccc(NCCCCCCNc4ccc5nc6ccc(OC)cc6c(N)c5c4)cc3c(N)c2c1. The summed E-state index contributed by atoms with van der Waals surface area (Å²) in [6, 6.07) is 24.0. The van der Waals surface area contributed by atoms with Gasteiger partial charge in [-0.05, 0) is 85.6 Å². The van der Waals surface area contributed by atoms with Gasteiger partial charge in [0.1, 0.15) is 11.5 Å². The van der Waals surface area contributed by atoms with Crippen molar-refractivity contribution in [2.75, 3.05) is 49.4 Å². The highest BCUT2D eigenvalue weighted by Crippen LogP contribution is 2.33. The fourth-order valence-corrected chi connectivity index (χ4v) is 5.45. The number of unbranched alkanes of at least 4 members (excludes halogenated alkanes) is 3. The van der Waals surface area contributed by atoms with Crippen LogP contribution in [-0.2, 0) is 0 Å². The summed E-state index contributed by atoms with van der Waals surface area (Å²) in [5, 5.41) is 10.8. The van der Waals surface area contributed by atoms with Gasteiger partial charge in [0, 0.05) is 46.0 Å². The number of nitrogens with zero attached hydrogens (tertiary/aromatic N) is 2. The van der Waals surface area contributed by atoms with Crippen LogP contribution in [0.5, 0.6) is 11.5 Å². The zero-order chi connectivity index (χ0) is 29.1. The van der Waals surface area contributed by atoms with Gasteiger partial charge in [-0.2, -0.15) is 0 Å². The molecule has 8 heteroatoms. The second-order valence-corrected chi connectivity index (χ2v) is 10.5. The molecule has 0 aliphatic rings. The summed E-state index contributed by atoms with van der Waals surface area (Å²) < 4.78 is 10.7. The van der Waals surface area contributed by atoms with Gasteiger partial charge in [-0.15, -0.1) is 0 Å². The van der Waals surface area contributed by atoms with E-state index in [-0.39, 0.29) is 0 Å². The van der Waals surface area contributed by atoms with Crippen molar-refractivity contribution in [3.63, 3.8) is 0 Å². The Morgan fingerprint density at radius 3 is 1.31 bits per heavy atom. The van der Waals surface area contributed by atoms with E-state index in [1.165, 1.54) is 0 Å². The molecule has 6 rings (SSSR count). The number of nitrogen functional groups attached to an aromatic ring is 2. The molecule has 0 fully saturated rings. The van der Waals surface area contributed by atoms with E-state index in [1.807, 2.05) is 48.5 Å². The molecule has 0 amide bonds. The fourth-order valence-electron chi connectivity index (χ4n) is 5.45. The predicted octanol–water partition coefficient (Wildman–Crippen LogP) is 7.36. The number of rotatable bonds is 11. The molecule has 0 unspecified atom stereocenters.